The van der Waals surface area contributed by atoms with Gasteiger partial charge < -0.3 is 10.1 Å². The van der Waals surface area contributed by atoms with Crippen LogP contribution in [0.15, 0.2) is 24.5 Å². The van der Waals surface area contributed by atoms with Crippen LogP contribution in [0.2, 0.25) is 0 Å². The monoisotopic (exact) mass is 236 g/mol. The van der Waals surface area contributed by atoms with E-state index in [4.69, 9.17) is 4.74 Å². The van der Waals surface area contributed by atoms with Crippen LogP contribution >= 0.6 is 0 Å². The van der Waals surface area contributed by atoms with Crippen molar-refractivity contribution in [1.29, 1.82) is 0 Å². The first-order valence-corrected chi connectivity index (χ1v) is 5.82. The molecule has 0 amide bonds. The average molecular weight is 236 g/mol. The van der Waals surface area contributed by atoms with Gasteiger partial charge in [0.1, 0.15) is 0 Å². The van der Waals surface area contributed by atoms with E-state index < -0.39 is 0 Å². The van der Waals surface area contributed by atoms with Gasteiger partial charge in [0.2, 0.25) is 0 Å². The van der Waals surface area contributed by atoms with E-state index in [-0.39, 0.29) is 17.8 Å². The molecule has 0 saturated heterocycles. The number of esters is 1. The molecule has 4 nitrogen and oxygen atoms in total. The Hall–Kier alpha value is -1.42. The van der Waals surface area contributed by atoms with Crippen LogP contribution in [-0.2, 0) is 16.1 Å². The van der Waals surface area contributed by atoms with Crippen LogP contribution in [0.5, 0.6) is 0 Å². The van der Waals surface area contributed by atoms with Gasteiger partial charge in [0.15, 0.2) is 0 Å². The third kappa shape index (κ3) is 4.53. The topological polar surface area (TPSA) is 51.2 Å². The molecule has 17 heavy (non-hydrogen) atoms. The van der Waals surface area contributed by atoms with Gasteiger partial charge in [0.05, 0.1) is 13.0 Å². The van der Waals surface area contributed by atoms with Crippen LogP contribution in [0.25, 0.3) is 0 Å². The van der Waals surface area contributed by atoms with Crippen molar-refractivity contribution in [2.45, 2.75) is 20.4 Å². The van der Waals surface area contributed by atoms with E-state index in [1.165, 1.54) is 7.11 Å². The number of pyridine rings is 1. The fourth-order valence-electron chi connectivity index (χ4n) is 1.62. The van der Waals surface area contributed by atoms with Crippen LogP contribution < -0.4 is 5.32 Å². The molecule has 1 atom stereocenters. The maximum absolute atomic E-state index is 11.5. The molecule has 1 aromatic rings. The number of aromatic nitrogens is 1. The number of hydrogen-bond acceptors (Lipinski definition) is 4. The third-order valence-corrected chi connectivity index (χ3v) is 2.72. The summed E-state index contributed by atoms with van der Waals surface area (Å²) in [5.41, 5.74) is 1.11. The number of rotatable bonds is 6. The number of nitrogens with zero attached hydrogens (tertiary/aromatic N) is 1. The highest BCUT2D eigenvalue weighted by Gasteiger charge is 2.22. The normalized spacial score (nSPS) is 12.5. The van der Waals surface area contributed by atoms with Crippen molar-refractivity contribution in [2.24, 2.45) is 11.8 Å². The number of methoxy groups -OCH3 is 1. The molecular formula is C13H20N2O2. The van der Waals surface area contributed by atoms with E-state index in [9.17, 15) is 4.79 Å². The van der Waals surface area contributed by atoms with Gasteiger partial charge in [-0.15, -0.1) is 0 Å². The average Bonchev–Trinajstić information content (AvgIpc) is 2.34. The van der Waals surface area contributed by atoms with Gasteiger partial charge in [-0.05, 0) is 17.5 Å². The Bertz CT molecular complexity index is 339. The molecule has 0 aromatic carbocycles. The molecule has 0 fully saturated rings. The van der Waals surface area contributed by atoms with E-state index in [0.717, 1.165) is 5.56 Å². The molecule has 94 valence electrons. The molecule has 1 N–H and O–H groups in total. The molecule has 0 saturated carbocycles. The standard InChI is InChI=1S/C13H20N2O2/c1-10(2)12(13(16)17-3)9-15-8-11-5-4-6-14-7-11/h4-7,10,12,15H,8-9H2,1-3H3. The van der Waals surface area contributed by atoms with Crippen molar-refractivity contribution in [3.63, 3.8) is 0 Å². The Morgan fingerprint density at radius 3 is 2.82 bits per heavy atom. The maximum Gasteiger partial charge on any atom is 0.310 e. The minimum Gasteiger partial charge on any atom is -0.469 e. The first kappa shape index (κ1) is 13.6. The quantitative estimate of drug-likeness (QED) is 0.762. The molecule has 0 aliphatic heterocycles. The number of carbonyl (C=O) groups excluding carboxylic acids is 1. The van der Waals surface area contributed by atoms with E-state index >= 15 is 0 Å². The lowest BCUT2D eigenvalue weighted by atomic mass is 9.96. The molecule has 1 unspecified atom stereocenters. The van der Waals surface area contributed by atoms with Crippen molar-refractivity contribution >= 4 is 5.97 Å². The second kappa shape index (κ2) is 7.01. The number of nitrogens with one attached hydrogen (secondary N) is 1. The van der Waals surface area contributed by atoms with Crippen molar-refractivity contribution in [3.05, 3.63) is 30.1 Å². The first-order chi connectivity index (χ1) is 8.15. The fourth-order valence-corrected chi connectivity index (χ4v) is 1.62. The summed E-state index contributed by atoms with van der Waals surface area (Å²) >= 11 is 0. The largest absolute Gasteiger partial charge is 0.469 e. The van der Waals surface area contributed by atoms with E-state index in [1.54, 1.807) is 6.20 Å². The SMILES string of the molecule is COC(=O)C(CNCc1cccnc1)C(C)C. The fraction of sp³-hybridized carbons (Fsp3) is 0.538. The molecule has 1 aromatic heterocycles. The molecule has 0 spiro atoms. The molecule has 4 heteroatoms. The molecule has 1 rings (SSSR count). The summed E-state index contributed by atoms with van der Waals surface area (Å²) in [4.78, 5) is 15.6. The summed E-state index contributed by atoms with van der Waals surface area (Å²) in [7, 11) is 1.43. The minimum atomic E-state index is -0.154. The highest BCUT2D eigenvalue weighted by atomic mass is 16.5. The van der Waals surface area contributed by atoms with Gasteiger partial charge in [-0.3, -0.25) is 9.78 Å². The van der Waals surface area contributed by atoms with Gasteiger partial charge >= 0.3 is 5.97 Å². The van der Waals surface area contributed by atoms with Gasteiger partial charge in [-0.1, -0.05) is 19.9 Å². The molecule has 0 radical (unpaired) electrons. The summed E-state index contributed by atoms with van der Waals surface area (Å²) in [6.45, 7) is 5.38. The summed E-state index contributed by atoms with van der Waals surface area (Å²) in [5.74, 6) is 0.0132. The van der Waals surface area contributed by atoms with E-state index in [1.807, 2.05) is 32.2 Å². The number of hydrogen-bond donors (Lipinski definition) is 1. The Labute approximate surface area is 102 Å². The summed E-state index contributed by atoms with van der Waals surface area (Å²) in [6, 6.07) is 3.90. The van der Waals surface area contributed by atoms with Crippen molar-refractivity contribution in [2.75, 3.05) is 13.7 Å². The lowest BCUT2D eigenvalue weighted by Crippen LogP contribution is -2.32. The molecule has 1 heterocycles. The highest BCUT2D eigenvalue weighted by Crippen LogP contribution is 2.11. The predicted molar refractivity (Wildman–Crippen MR) is 66.3 cm³/mol. The van der Waals surface area contributed by atoms with Crippen molar-refractivity contribution < 1.29 is 9.53 Å². The number of ether oxygens (including phenoxy) is 1. The lowest BCUT2D eigenvalue weighted by Gasteiger charge is -2.18. The van der Waals surface area contributed by atoms with Crippen LogP contribution in [0.4, 0.5) is 0 Å². The summed E-state index contributed by atoms with van der Waals surface area (Å²) in [6.07, 6.45) is 3.56. The Kier molecular flexibility index (Phi) is 5.63. The predicted octanol–water partition coefficient (Wildman–Crippen LogP) is 1.62. The zero-order valence-electron chi connectivity index (χ0n) is 10.6. The summed E-state index contributed by atoms with van der Waals surface area (Å²) < 4.78 is 4.79. The Morgan fingerprint density at radius 1 is 1.53 bits per heavy atom. The third-order valence-electron chi connectivity index (χ3n) is 2.72. The Balaban J connectivity index is 2.40. The van der Waals surface area contributed by atoms with Crippen LogP contribution in [0.1, 0.15) is 19.4 Å². The van der Waals surface area contributed by atoms with Gasteiger partial charge in [0, 0.05) is 25.5 Å². The van der Waals surface area contributed by atoms with Gasteiger partial charge in [-0.2, -0.15) is 0 Å². The lowest BCUT2D eigenvalue weighted by molar-refractivity contribution is -0.146. The van der Waals surface area contributed by atoms with E-state index in [0.29, 0.717) is 13.1 Å². The van der Waals surface area contributed by atoms with Crippen molar-refractivity contribution in [3.8, 4) is 0 Å². The second-order valence-corrected chi connectivity index (χ2v) is 4.37. The highest BCUT2D eigenvalue weighted by molar-refractivity contribution is 5.72. The molecular weight excluding hydrogens is 216 g/mol. The Morgan fingerprint density at radius 2 is 2.29 bits per heavy atom. The van der Waals surface area contributed by atoms with Crippen LogP contribution in [0.3, 0.4) is 0 Å². The van der Waals surface area contributed by atoms with Crippen LogP contribution in [-0.4, -0.2) is 24.6 Å². The van der Waals surface area contributed by atoms with Crippen molar-refractivity contribution in [1.82, 2.24) is 10.3 Å². The number of carbonyl (C=O) groups is 1. The van der Waals surface area contributed by atoms with E-state index in [2.05, 4.69) is 10.3 Å². The first-order valence-electron chi connectivity index (χ1n) is 5.82. The molecule has 0 aliphatic carbocycles. The summed E-state index contributed by atoms with van der Waals surface area (Å²) in [5, 5.41) is 3.26. The minimum absolute atomic E-state index is 0.100. The molecule has 0 bridgehead atoms. The van der Waals surface area contributed by atoms with Gasteiger partial charge in [-0.25, -0.2) is 0 Å². The molecule has 0 aliphatic rings. The van der Waals surface area contributed by atoms with Crippen LogP contribution in [0, 0.1) is 11.8 Å². The second-order valence-electron chi connectivity index (χ2n) is 4.37. The zero-order valence-corrected chi connectivity index (χ0v) is 10.6. The maximum atomic E-state index is 11.5. The smallest absolute Gasteiger partial charge is 0.310 e. The van der Waals surface area contributed by atoms with Gasteiger partial charge in [0.25, 0.3) is 0 Å². The zero-order chi connectivity index (χ0) is 12.7.